The van der Waals surface area contributed by atoms with Crippen molar-refractivity contribution in [2.24, 2.45) is 0 Å². The maximum atomic E-state index is 13.4. The lowest BCUT2D eigenvalue weighted by molar-refractivity contribution is -0.137. The molecule has 144 valence electrons. The predicted octanol–water partition coefficient (Wildman–Crippen LogP) is 3.95. The molecule has 0 saturated carbocycles. The van der Waals surface area contributed by atoms with Gasteiger partial charge in [0.25, 0.3) is 0 Å². The van der Waals surface area contributed by atoms with Gasteiger partial charge in [-0.2, -0.15) is 13.2 Å². The highest BCUT2D eigenvalue weighted by Gasteiger charge is 2.47. The summed E-state index contributed by atoms with van der Waals surface area (Å²) in [6.45, 7) is 5.98. The van der Waals surface area contributed by atoms with Gasteiger partial charge in [-0.05, 0) is 44.9 Å². The Morgan fingerprint density at radius 3 is 2.50 bits per heavy atom. The summed E-state index contributed by atoms with van der Waals surface area (Å²) in [5.74, 6) is -0.719. The summed E-state index contributed by atoms with van der Waals surface area (Å²) in [7, 11) is 1.64. The zero-order valence-corrected chi connectivity index (χ0v) is 15.2. The van der Waals surface area contributed by atoms with Crippen LogP contribution in [0.3, 0.4) is 0 Å². The molecule has 0 spiro atoms. The van der Waals surface area contributed by atoms with Crippen molar-refractivity contribution < 1.29 is 27.8 Å². The first-order valence-corrected chi connectivity index (χ1v) is 8.53. The largest absolute Gasteiger partial charge is 0.508 e. The van der Waals surface area contributed by atoms with Gasteiger partial charge < -0.3 is 19.6 Å². The highest BCUT2D eigenvalue weighted by molar-refractivity contribution is 5.72. The highest BCUT2D eigenvalue weighted by Crippen LogP contribution is 2.51. The van der Waals surface area contributed by atoms with E-state index in [2.05, 4.69) is 0 Å². The molecule has 0 aromatic heterocycles. The number of halogens is 3. The second kappa shape index (κ2) is 5.96. The van der Waals surface area contributed by atoms with Crippen LogP contribution in [0, 0.1) is 0 Å². The fraction of sp³-hybridized carbons (Fsp3) is 0.611. The van der Waals surface area contributed by atoms with E-state index < -0.39 is 29.2 Å². The van der Waals surface area contributed by atoms with Gasteiger partial charge in [-0.15, -0.1) is 0 Å². The van der Waals surface area contributed by atoms with Gasteiger partial charge in [0.15, 0.2) is 0 Å². The molecule has 2 aliphatic rings. The first kappa shape index (κ1) is 18.7. The summed E-state index contributed by atoms with van der Waals surface area (Å²) in [6, 6.07) is 1.99. The number of alkyl halides is 3. The van der Waals surface area contributed by atoms with E-state index >= 15 is 0 Å². The van der Waals surface area contributed by atoms with Crippen LogP contribution in [0.25, 0.3) is 0 Å². The number of rotatable bonds is 0. The number of hydrogen-bond acceptors (Lipinski definition) is 4. The summed E-state index contributed by atoms with van der Waals surface area (Å²) < 4.78 is 45.7. The number of benzene rings is 1. The van der Waals surface area contributed by atoms with Crippen molar-refractivity contribution in [2.45, 2.75) is 50.9 Å². The van der Waals surface area contributed by atoms with Gasteiger partial charge >= 0.3 is 12.3 Å². The van der Waals surface area contributed by atoms with Crippen molar-refractivity contribution in [3.8, 4) is 5.75 Å². The summed E-state index contributed by atoms with van der Waals surface area (Å²) in [4.78, 5) is 15.5. The Balaban J connectivity index is 1.94. The van der Waals surface area contributed by atoms with Crippen LogP contribution in [0.2, 0.25) is 0 Å². The summed E-state index contributed by atoms with van der Waals surface area (Å²) in [5, 5.41) is 9.82. The Labute approximate surface area is 150 Å². The van der Waals surface area contributed by atoms with Crippen molar-refractivity contribution in [3.63, 3.8) is 0 Å². The lowest BCUT2D eigenvalue weighted by Gasteiger charge is -2.38. The molecule has 0 radical (unpaired) electrons. The molecule has 0 bridgehead atoms. The molecule has 1 fully saturated rings. The zero-order chi connectivity index (χ0) is 19.4. The molecule has 2 heterocycles. The number of fused-ring (bicyclic) bond motifs is 3. The molecule has 2 unspecified atom stereocenters. The second-order valence-corrected chi connectivity index (χ2v) is 7.93. The maximum Gasteiger partial charge on any atom is 0.418 e. The number of hydrogen-bond donors (Lipinski definition) is 1. The number of anilines is 1. The van der Waals surface area contributed by atoms with Crippen LogP contribution in [-0.4, -0.2) is 47.9 Å². The molecule has 8 heteroatoms. The standard InChI is InChI=1S/C18H23F3N2O3/c1-17(2,3)26-16(25)23-6-5-14-12(9-23)11-7-10(24)8-13(18(19,20)21)15(11)22(14)4/h7-8,12,14,24H,5-6,9H2,1-4H3. The van der Waals surface area contributed by atoms with E-state index in [0.29, 0.717) is 18.5 Å². The molecular formula is C18H23F3N2O3. The van der Waals surface area contributed by atoms with Gasteiger partial charge in [-0.25, -0.2) is 4.79 Å². The number of phenolic OH excluding ortho intramolecular Hbond substituents is 1. The molecule has 1 aromatic carbocycles. The Bertz CT molecular complexity index is 728. The Morgan fingerprint density at radius 2 is 1.92 bits per heavy atom. The van der Waals surface area contributed by atoms with Crippen molar-refractivity contribution in [1.29, 1.82) is 0 Å². The van der Waals surface area contributed by atoms with Gasteiger partial charge in [0, 0.05) is 32.1 Å². The first-order chi connectivity index (χ1) is 11.9. The van der Waals surface area contributed by atoms with Crippen LogP contribution >= 0.6 is 0 Å². The molecule has 26 heavy (non-hydrogen) atoms. The topological polar surface area (TPSA) is 53.0 Å². The number of likely N-dealkylation sites (N-methyl/N-ethyl adjacent to an activating group) is 1. The summed E-state index contributed by atoms with van der Waals surface area (Å²) >= 11 is 0. The summed E-state index contributed by atoms with van der Waals surface area (Å²) in [6.07, 6.45) is -4.49. The molecule has 1 amide bonds. The number of ether oxygens (including phenoxy) is 1. The second-order valence-electron chi connectivity index (χ2n) is 7.93. The number of aromatic hydroxyl groups is 1. The van der Waals surface area contributed by atoms with Crippen LogP contribution in [0.1, 0.15) is 44.2 Å². The highest BCUT2D eigenvalue weighted by atomic mass is 19.4. The van der Waals surface area contributed by atoms with Crippen LogP contribution in [-0.2, 0) is 10.9 Å². The van der Waals surface area contributed by atoms with Crippen LogP contribution in [0.15, 0.2) is 12.1 Å². The minimum atomic E-state index is -4.56. The minimum absolute atomic E-state index is 0.0938. The van der Waals surface area contributed by atoms with E-state index in [4.69, 9.17) is 4.74 Å². The van der Waals surface area contributed by atoms with Gasteiger partial charge in [0.2, 0.25) is 0 Å². The van der Waals surface area contributed by atoms with Crippen molar-refractivity contribution in [1.82, 2.24) is 4.90 Å². The first-order valence-electron chi connectivity index (χ1n) is 8.53. The monoisotopic (exact) mass is 372 g/mol. The Hall–Kier alpha value is -2.12. The smallest absolute Gasteiger partial charge is 0.418 e. The van der Waals surface area contributed by atoms with Crippen molar-refractivity contribution >= 4 is 11.8 Å². The Kier molecular flexibility index (Phi) is 4.28. The van der Waals surface area contributed by atoms with E-state index in [1.54, 1.807) is 32.7 Å². The quantitative estimate of drug-likeness (QED) is 0.749. The van der Waals surface area contributed by atoms with E-state index in [1.165, 1.54) is 11.0 Å². The number of amides is 1. The molecule has 2 aliphatic heterocycles. The molecule has 1 saturated heterocycles. The van der Waals surface area contributed by atoms with Crippen LogP contribution in [0.4, 0.5) is 23.7 Å². The molecule has 2 atom stereocenters. The van der Waals surface area contributed by atoms with Crippen molar-refractivity contribution in [3.05, 3.63) is 23.3 Å². The van der Waals surface area contributed by atoms with E-state index in [-0.39, 0.29) is 24.2 Å². The van der Waals surface area contributed by atoms with E-state index in [1.807, 2.05) is 0 Å². The molecular weight excluding hydrogens is 349 g/mol. The average Bonchev–Trinajstić information content (AvgIpc) is 2.76. The third-order valence-electron chi connectivity index (χ3n) is 4.91. The van der Waals surface area contributed by atoms with E-state index in [9.17, 15) is 23.1 Å². The average molecular weight is 372 g/mol. The maximum absolute atomic E-state index is 13.4. The van der Waals surface area contributed by atoms with Crippen molar-refractivity contribution in [2.75, 3.05) is 25.0 Å². The molecule has 1 N–H and O–H groups in total. The number of nitrogens with zero attached hydrogens (tertiary/aromatic N) is 2. The third-order valence-corrected chi connectivity index (χ3v) is 4.91. The normalized spacial score (nSPS) is 22.9. The number of phenols is 1. The fourth-order valence-electron chi connectivity index (χ4n) is 3.90. The van der Waals surface area contributed by atoms with Gasteiger partial charge in [0.1, 0.15) is 11.4 Å². The number of carbonyl (C=O) groups is 1. The Morgan fingerprint density at radius 1 is 1.27 bits per heavy atom. The number of carbonyl (C=O) groups excluding carboxylic acids is 1. The minimum Gasteiger partial charge on any atom is -0.508 e. The SMILES string of the molecule is CN1c2c(cc(O)cc2C(F)(F)F)C2CN(C(=O)OC(C)(C)C)CCC21. The van der Waals surface area contributed by atoms with Crippen LogP contribution in [0.5, 0.6) is 5.75 Å². The molecule has 3 rings (SSSR count). The lowest BCUT2D eigenvalue weighted by atomic mass is 9.88. The molecule has 5 nitrogen and oxygen atoms in total. The van der Waals surface area contributed by atoms with Crippen LogP contribution < -0.4 is 4.90 Å². The molecule has 0 aliphatic carbocycles. The van der Waals surface area contributed by atoms with E-state index in [0.717, 1.165) is 6.07 Å². The fourth-order valence-corrected chi connectivity index (χ4v) is 3.90. The predicted molar refractivity (Wildman–Crippen MR) is 90.5 cm³/mol. The van der Waals surface area contributed by atoms with Gasteiger partial charge in [0.05, 0.1) is 11.3 Å². The number of piperidine rings is 1. The zero-order valence-electron chi connectivity index (χ0n) is 15.2. The van der Waals surface area contributed by atoms with Gasteiger partial charge in [-0.1, -0.05) is 0 Å². The molecule has 1 aromatic rings. The van der Waals surface area contributed by atoms with Gasteiger partial charge in [-0.3, -0.25) is 0 Å². The number of likely N-dealkylation sites (tertiary alicyclic amines) is 1. The third kappa shape index (κ3) is 3.29. The summed E-state index contributed by atoms with van der Waals surface area (Å²) in [5.41, 5.74) is -0.956. The lowest BCUT2D eigenvalue weighted by Crippen LogP contribution is -2.48.